The molecule has 2 amide bonds. The molecule has 17 heteroatoms. The van der Waals surface area contributed by atoms with Crippen molar-refractivity contribution in [2.45, 2.75) is 57.8 Å². The zero-order chi connectivity index (χ0) is 39.5. The van der Waals surface area contributed by atoms with Gasteiger partial charge in [0.15, 0.2) is 15.5 Å². The second kappa shape index (κ2) is 16.8. The van der Waals surface area contributed by atoms with E-state index in [9.17, 15) is 27.2 Å². The molecule has 0 bridgehead atoms. The van der Waals surface area contributed by atoms with Crippen LogP contribution in [0.4, 0.5) is 26.5 Å². The minimum absolute atomic E-state index is 0. The number of amides is 2. The summed E-state index contributed by atoms with van der Waals surface area (Å²) in [5.74, 6) is -2.09. The van der Waals surface area contributed by atoms with Crippen LogP contribution in [0.5, 0.6) is 5.75 Å². The number of methoxy groups -OCH3 is 1. The van der Waals surface area contributed by atoms with Gasteiger partial charge in [0.25, 0.3) is 5.95 Å². The molecule has 55 heavy (non-hydrogen) atoms. The van der Waals surface area contributed by atoms with Gasteiger partial charge in [-0.05, 0) is 72.0 Å². The zero-order valence-electron chi connectivity index (χ0n) is 31.1. The van der Waals surface area contributed by atoms with Crippen molar-refractivity contribution in [1.82, 2.24) is 14.6 Å². The first kappa shape index (κ1) is 42.2. The number of aromatic nitrogens is 3. The van der Waals surface area contributed by atoms with Crippen LogP contribution in [-0.2, 0) is 28.9 Å². The van der Waals surface area contributed by atoms with Gasteiger partial charge >= 0.3 is 12.1 Å². The number of carbonyl (C=O) groups excluding carboxylic acids is 3. The quantitative estimate of drug-likeness (QED) is 0.108. The van der Waals surface area contributed by atoms with Gasteiger partial charge in [-0.15, -0.1) is 17.5 Å². The molecule has 2 aromatic heterocycles. The van der Waals surface area contributed by atoms with Crippen LogP contribution >= 0.6 is 12.4 Å². The fourth-order valence-corrected chi connectivity index (χ4v) is 5.84. The highest BCUT2D eigenvalue weighted by Crippen LogP contribution is 2.36. The number of halogens is 2. The molecule has 292 valence electrons. The molecule has 2 heterocycles. The second-order valence-corrected chi connectivity index (χ2v) is 15.7. The Bertz CT molecular complexity index is 2300. The molecule has 0 fully saturated rings. The van der Waals surface area contributed by atoms with Crippen molar-refractivity contribution >= 4 is 63.2 Å². The number of ether oxygens (including phenoxy) is 3. The number of hydrogen-bond donors (Lipinski definition) is 2. The lowest BCUT2D eigenvalue weighted by Crippen LogP contribution is -2.45. The Balaban J connectivity index is 0.00000673. The normalized spacial score (nSPS) is 13.2. The van der Waals surface area contributed by atoms with Crippen LogP contribution in [0.2, 0.25) is 0 Å². The molecular weight excluding hydrogens is 755 g/mol. The van der Waals surface area contributed by atoms with E-state index in [-0.39, 0.29) is 46.4 Å². The highest BCUT2D eigenvalue weighted by molar-refractivity contribution is 7.90. The third-order valence-electron chi connectivity index (χ3n) is 8.51. The lowest BCUT2D eigenvalue weighted by molar-refractivity contribution is -0.168. The molecule has 3 N–H and O–H groups in total. The molecule has 0 radical (unpaired) electrons. The minimum atomic E-state index is -3.64. The van der Waals surface area contributed by atoms with Gasteiger partial charge in [-0.3, -0.25) is 9.59 Å². The lowest BCUT2D eigenvalue weighted by Gasteiger charge is -2.27. The van der Waals surface area contributed by atoms with Crippen LogP contribution in [0, 0.1) is 11.2 Å². The fraction of sp³-hybridized carbons (Fsp3) is 0.289. The summed E-state index contributed by atoms with van der Waals surface area (Å²) in [4.78, 5) is 44.8. The predicted molar refractivity (Wildman–Crippen MR) is 207 cm³/mol. The van der Waals surface area contributed by atoms with Gasteiger partial charge < -0.3 is 25.3 Å². The Morgan fingerprint density at radius 2 is 1.56 bits per heavy atom. The number of nitrogens with one attached hydrogen (secondary N) is 1. The first-order valence-electron chi connectivity index (χ1n) is 16.7. The van der Waals surface area contributed by atoms with Crippen LogP contribution in [-0.4, -0.2) is 66.7 Å². The van der Waals surface area contributed by atoms with Crippen molar-refractivity contribution in [1.29, 1.82) is 0 Å². The van der Waals surface area contributed by atoms with E-state index >= 15 is 0 Å². The summed E-state index contributed by atoms with van der Waals surface area (Å²) < 4.78 is 55.7. The number of sulfone groups is 1. The van der Waals surface area contributed by atoms with Gasteiger partial charge in [-0.2, -0.15) is 4.98 Å². The third kappa shape index (κ3) is 9.95. The summed E-state index contributed by atoms with van der Waals surface area (Å²) >= 11 is 0. The Morgan fingerprint density at radius 1 is 0.927 bits per heavy atom. The van der Waals surface area contributed by atoms with Gasteiger partial charge in [-0.25, -0.2) is 27.0 Å². The van der Waals surface area contributed by atoms with E-state index in [1.54, 1.807) is 70.3 Å². The highest BCUT2D eigenvalue weighted by Gasteiger charge is 2.33. The largest absolute Gasteiger partial charge is 0.495 e. The summed E-state index contributed by atoms with van der Waals surface area (Å²) in [6.07, 6.45) is 0.270. The van der Waals surface area contributed by atoms with Crippen molar-refractivity contribution in [2.24, 2.45) is 11.1 Å². The topological polar surface area (TPSA) is 185 Å². The minimum Gasteiger partial charge on any atom is -0.495 e. The van der Waals surface area contributed by atoms with E-state index in [1.807, 2.05) is 12.1 Å². The number of esters is 1. The number of carbonyl (C=O) groups is 3. The number of nitrogens with zero attached hydrogens (tertiary/aromatic N) is 4. The van der Waals surface area contributed by atoms with Crippen LogP contribution in [0.3, 0.4) is 0 Å². The van der Waals surface area contributed by atoms with E-state index in [4.69, 9.17) is 19.9 Å². The fourth-order valence-electron chi connectivity index (χ4n) is 5.21. The summed E-state index contributed by atoms with van der Waals surface area (Å²) in [5, 5.41) is 7.41. The van der Waals surface area contributed by atoms with E-state index in [2.05, 4.69) is 15.4 Å². The summed E-state index contributed by atoms with van der Waals surface area (Å²) in [7, 11) is -2.34. The van der Waals surface area contributed by atoms with E-state index in [1.165, 1.54) is 48.9 Å². The van der Waals surface area contributed by atoms with Gasteiger partial charge in [0.1, 0.15) is 17.6 Å². The summed E-state index contributed by atoms with van der Waals surface area (Å²) in [5.41, 5.74) is 8.52. The molecule has 5 rings (SSSR count). The van der Waals surface area contributed by atoms with Crippen LogP contribution in [0.1, 0.15) is 46.1 Å². The molecular formula is C38H42ClFN6O8S. The predicted octanol–water partition coefficient (Wildman–Crippen LogP) is 6.65. The molecule has 1 unspecified atom stereocenters. The number of fused-ring (bicyclic) bond motifs is 1. The monoisotopic (exact) mass is 796 g/mol. The molecule has 0 aliphatic rings. The Hall–Kier alpha value is -5.58. The van der Waals surface area contributed by atoms with Crippen molar-refractivity contribution in [3.8, 4) is 16.9 Å². The number of nitrogens with two attached hydrogens (primary N) is 1. The molecule has 5 aromatic rings. The molecule has 0 saturated carbocycles. The Labute approximate surface area is 324 Å². The molecule has 3 atom stereocenters. The standard InChI is InChI=1S/C38H41FN6O8S.ClH/c1-22(24-8-13-27(39)14-9-24)34(46)41-28-15-10-25(11-16-28)26-12-19-32-42-36(43-44(32)21-26)45(30-18-17-29(54(7,49)50)20-31(30)51-6)37(48)53-23(2)52-35(47)33(40)38(3,4)5;/h8-23,33H,40H2,1-7H3,(H,41,46);1H/t22-,23?,33-;/m1./s1. The number of hydrogen-bond acceptors (Lipinski definition) is 11. The molecule has 0 saturated heterocycles. The molecule has 14 nitrogen and oxygen atoms in total. The zero-order valence-corrected chi connectivity index (χ0v) is 32.8. The number of benzene rings is 3. The van der Waals surface area contributed by atoms with Gasteiger partial charge in [0, 0.05) is 36.7 Å². The van der Waals surface area contributed by atoms with Crippen LogP contribution < -0.4 is 20.7 Å². The third-order valence-corrected chi connectivity index (χ3v) is 9.62. The maximum absolute atomic E-state index is 13.8. The average molecular weight is 797 g/mol. The SMILES string of the molecule is COc1cc(S(C)(=O)=O)ccc1N(C(=O)OC(C)OC(=O)[C@@H](N)C(C)(C)C)c1nc2ccc(-c3ccc(NC(=O)[C@H](C)c4ccc(F)cc4)cc3)cn2n1.Cl. The Morgan fingerprint density at radius 3 is 2.16 bits per heavy atom. The average Bonchev–Trinajstić information content (AvgIpc) is 3.53. The highest BCUT2D eigenvalue weighted by atomic mass is 35.5. The molecule has 0 aliphatic carbocycles. The number of rotatable bonds is 11. The van der Waals surface area contributed by atoms with Crippen molar-refractivity contribution in [3.63, 3.8) is 0 Å². The maximum atomic E-state index is 13.8. The molecule has 3 aromatic carbocycles. The first-order valence-corrected chi connectivity index (χ1v) is 18.6. The van der Waals surface area contributed by atoms with E-state index in [0.717, 1.165) is 22.3 Å². The van der Waals surface area contributed by atoms with E-state index < -0.39 is 45.6 Å². The van der Waals surface area contributed by atoms with Crippen molar-refractivity contribution < 1.29 is 41.4 Å². The summed E-state index contributed by atoms with van der Waals surface area (Å²) in [6.45, 7) is 8.37. The smallest absolute Gasteiger partial charge is 0.424 e. The van der Waals surface area contributed by atoms with Crippen LogP contribution in [0.25, 0.3) is 16.8 Å². The Kier molecular flexibility index (Phi) is 12.9. The second-order valence-electron chi connectivity index (χ2n) is 13.6. The maximum Gasteiger partial charge on any atom is 0.424 e. The molecule has 0 spiro atoms. The van der Waals surface area contributed by atoms with Crippen LogP contribution in [0.15, 0.2) is 90.0 Å². The lowest BCUT2D eigenvalue weighted by atomic mass is 9.87. The van der Waals surface area contributed by atoms with Crippen molar-refractivity contribution in [2.75, 3.05) is 23.6 Å². The first-order chi connectivity index (χ1) is 25.3. The van der Waals surface area contributed by atoms with Gasteiger partial charge in [-0.1, -0.05) is 45.0 Å². The van der Waals surface area contributed by atoms with Crippen molar-refractivity contribution in [3.05, 3.63) is 96.4 Å². The van der Waals surface area contributed by atoms with E-state index in [0.29, 0.717) is 16.9 Å². The van der Waals surface area contributed by atoms with Gasteiger partial charge in [0.05, 0.1) is 23.6 Å². The molecule has 0 aliphatic heterocycles. The number of anilines is 3. The summed E-state index contributed by atoms with van der Waals surface area (Å²) in [6, 6.07) is 19.2. The van der Waals surface area contributed by atoms with Gasteiger partial charge in [0.2, 0.25) is 12.2 Å². The number of pyridine rings is 1.